The number of alkyl halides is 2. The summed E-state index contributed by atoms with van der Waals surface area (Å²) < 4.78 is 49.3. The third-order valence-corrected chi connectivity index (χ3v) is 6.96. The minimum atomic E-state index is -2.65. The van der Waals surface area contributed by atoms with Crippen LogP contribution in [0.4, 0.5) is 23.7 Å². The van der Waals surface area contributed by atoms with Crippen molar-refractivity contribution in [2.75, 3.05) is 31.6 Å². The molecule has 11 heteroatoms. The van der Waals surface area contributed by atoms with Gasteiger partial charge in [-0.2, -0.15) is 0 Å². The smallest absolute Gasteiger partial charge is 0.407 e. The number of aryl methyl sites for hydroxylation is 1. The predicted octanol–water partition coefficient (Wildman–Crippen LogP) is 4.28. The number of halogens is 3. The van der Waals surface area contributed by atoms with Gasteiger partial charge in [-0.25, -0.2) is 18.0 Å². The molecule has 1 heterocycles. The van der Waals surface area contributed by atoms with Crippen LogP contribution in [0.1, 0.15) is 17.5 Å². The molecule has 0 aliphatic carbocycles. The highest BCUT2D eigenvalue weighted by Gasteiger charge is 2.23. The van der Waals surface area contributed by atoms with Crippen molar-refractivity contribution >= 4 is 17.7 Å². The van der Waals surface area contributed by atoms with Gasteiger partial charge in [0.25, 0.3) is 6.43 Å². The Hall–Kier alpha value is -4.09. The van der Waals surface area contributed by atoms with Crippen LogP contribution in [0.5, 0.6) is 0 Å². The fraction of sp³-hybridized carbons (Fsp3) is 0.355. The normalized spacial score (nSPS) is 17.4. The molecule has 8 nitrogen and oxygen atoms in total. The number of nitrogens with two attached hydrogens (primary N) is 1. The number of rotatable bonds is 13. The number of hydrogen-bond acceptors (Lipinski definition) is 6. The molecule has 1 saturated heterocycles. The number of amides is 2. The summed E-state index contributed by atoms with van der Waals surface area (Å²) in [5.41, 5.74) is 10.1. The standard InChI is InChI=1S/C31H35F3N4O4/c32-24-11-13-27(38-28(30(35)39)14-20-6-8-22(9-7-20)21-4-2-1-3-5-21)23(15-24)10-12-26-16-36-25(18-41-26)19-42-31(40)37-17-29(33)34/h1-9,11,13,15,25-26,28-29,36,38H,10,12,14,16-19H2,(H2,35,39)(H,37,40)/t25-,26+,28-/m0/s1. The Balaban J connectivity index is 1.29. The van der Waals surface area contributed by atoms with Gasteiger partial charge in [0.2, 0.25) is 5.91 Å². The van der Waals surface area contributed by atoms with E-state index in [1.807, 2.05) is 59.9 Å². The molecule has 3 aromatic carbocycles. The lowest BCUT2D eigenvalue weighted by atomic mass is 9.99. The number of alkyl carbamates (subject to hydrolysis) is 1. The maximum absolute atomic E-state index is 14.2. The largest absolute Gasteiger partial charge is 0.448 e. The average molecular weight is 585 g/mol. The van der Waals surface area contributed by atoms with Crippen molar-refractivity contribution in [1.29, 1.82) is 0 Å². The molecule has 1 aliphatic rings. The van der Waals surface area contributed by atoms with Gasteiger partial charge in [-0.15, -0.1) is 0 Å². The summed E-state index contributed by atoms with van der Waals surface area (Å²) in [6.07, 6.45) is -2.34. The second-order valence-electron chi connectivity index (χ2n) is 10.1. The SMILES string of the molecule is NC(=O)[C@H](Cc1ccc(-c2ccccc2)cc1)Nc1ccc(F)cc1CC[C@@H]1CN[C@H](COC(=O)NCC(F)F)CO1. The first-order chi connectivity index (χ1) is 20.3. The summed E-state index contributed by atoms with van der Waals surface area (Å²) >= 11 is 0. The first-order valence-corrected chi connectivity index (χ1v) is 13.8. The Kier molecular flexibility index (Phi) is 11.2. The van der Waals surface area contributed by atoms with Crippen molar-refractivity contribution < 1.29 is 32.2 Å². The van der Waals surface area contributed by atoms with Crippen LogP contribution in [0.15, 0.2) is 72.8 Å². The molecule has 2 amide bonds. The Morgan fingerprint density at radius 2 is 1.79 bits per heavy atom. The van der Waals surface area contributed by atoms with E-state index in [9.17, 15) is 22.8 Å². The second kappa shape index (κ2) is 15.2. The number of ether oxygens (including phenoxy) is 2. The Bertz CT molecular complexity index is 1300. The molecule has 4 rings (SSSR count). The van der Waals surface area contributed by atoms with E-state index >= 15 is 0 Å². The van der Waals surface area contributed by atoms with Crippen LogP contribution in [0.25, 0.3) is 11.1 Å². The molecule has 0 aromatic heterocycles. The number of primary amides is 1. The van der Waals surface area contributed by atoms with E-state index in [1.165, 1.54) is 12.1 Å². The second-order valence-corrected chi connectivity index (χ2v) is 10.1. The molecule has 5 N–H and O–H groups in total. The van der Waals surface area contributed by atoms with Crippen LogP contribution >= 0.6 is 0 Å². The Morgan fingerprint density at radius 1 is 1.05 bits per heavy atom. The van der Waals surface area contributed by atoms with Gasteiger partial charge in [0, 0.05) is 18.7 Å². The van der Waals surface area contributed by atoms with E-state index in [1.54, 1.807) is 6.07 Å². The maximum Gasteiger partial charge on any atom is 0.407 e. The molecule has 224 valence electrons. The monoisotopic (exact) mass is 584 g/mol. The lowest BCUT2D eigenvalue weighted by molar-refractivity contribution is -0.118. The summed E-state index contributed by atoms with van der Waals surface area (Å²) in [6, 6.07) is 21.3. The van der Waals surface area contributed by atoms with Gasteiger partial charge in [0.05, 0.1) is 25.3 Å². The molecule has 1 fully saturated rings. The maximum atomic E-state index is 14.2. The van der Waals surface area contributed by atoms with Crippen LogP contribution in [0.2, 0.25) is 0 Å². The van der Waals surface area contributed by atoms with Crippen molar-refractivity contribution in [3.05, 3.63) is 89.7 Å². The van der Waals surface area contributed by atoms with E-state index in [4.69, 9.17) is 15.2 Å². The average Bonchev–Trinajstić information content (AvgIpc) is 2.99. The van der Waals surface area contributed by atoms with Gasteiger partial charge in [-0.05, 0) is 53.3 Å². The van der Waals surface area contributed by atoms with Gasteiger partial charge >= 0.3 is 6.09 Å². The highest BCUT2D eigenvalue weighted by Crippen LogP contribution is 2.24. The van der Waals surface area contributed by atoms with Crippen LogP contribution in [-0.2, 0) is 27.1 Å². The van der Waals surface area contributed by atoms with E-state index in [2.05, 4.69) is 10.6 Å². The minimum absolute atomic E-state index is 0.0246. The summed E-state index contributed by atoms with van der Waals surface area (Å²) in [5.74, 6) is -0.916. The molecule has 3 atom stereocenters. The summed E-state index contributed by atoms with van der Waals surface area (Å²) in [4.78, 5) is 23.8. The van der Waals surface area contributed by atoms with E-state index in [0.29, 0.717) is 37.1 Å². The summed E-state index contributed by atoms with van der Waals surface area (Å²) in [5, 5.41) is 8.40. The van der Waals surface area contributed by atoms with Crippen molar-refractivity contribution in [2.24, 2.45) is 5.73 Å². The number of anilines is 1. The van der Waals surface area contributed by atoms with Gasteiger partial charge in [-0.3, -0.25) is 4.79 Å². The zero-order chi connectivity index (χ0) is 29.9. The molecule has 0 unspecified atom stereocenters. The number of benzene rings is 3. The van der Waals surface area contributed by atoms with Crippen molar-refractivity contribution in [1.82, 2.24) is 10.6 Å². The number of nitrogens with one attached hydrogen (secondary N) is 3. The molecule has 0 radical (unpaired) electrons. The van der Waals surface area contributed by atoms with Crippen LogP contribution in [0, 0.1) is 5.82 Å². The van der Waals surface area contributed by atoms with Crippen LogP contribution < -0.4 is 21.7 Å². The van der Waals surface area contributed by atoms with Gasteiger partial charge in [0.1, 0.15) is 18.5 Å². The molecular formula is C31H35F3N4O4. The Labute approximate surface area is 242 Å². The van der Waals surface area contributed by atoms with E-state index in [-0.39, 0.29) is 25.4 Å². The first kappa shape index (κ1) is 30.9. The summed E-state index contributed by atoms with van der Waals surface area (Å²) in [6.45, 7) is -0.0702. The lowest BCUT2D eigenvalue weighted by Gasteiger charge is -2.30. The number of morpholine rings is 1. The van der Waals surface area contributed by atoms with Crippen LogP contribution in [-0.4, -0.2) is 62.9 Å². The van der Waals surface area contributed by atoms with Crippen molar-refractivity contribution in [2.45, 2.75) is 43.9 Å². The molecule has 42 heavy (non-hydrogen) atoms. The Morgan fingerprint density at radius 3 is 2.45 bits per heavy atom. The number of hydrogen-bond donors (Lipinski definition) is 4. The first-order valence-electron chi connectivity index (χ1n) is 13.8. The molecule has 1 aliphatic heterocycles. The van der Waals surface area contributed by atoms with Crippen LogP contribution in [0.3, 0.4) is 0 Å². The zero-order valence-electron chi connectivity index (χ0n) is 23.0. The zero-order valence-corrected chi connectivity index (χ0v) is 23.0. The van der Waals surface area contributed by atoms with Gasteiger partial charge in [-0.1, -0.05) is 54.6 Å². The molecule has 0 spiro atoms. The van der Waals surface area contributed by atoms with Crippen molar-refractivity contribution in [3.63, 3.8) is 0 Å². The fourth-order valence-electron chi connectivity index (χ4n) is 4.68. The number of carbonyl (C=O) groups is 2. The molecule has 0 saturated carbocycles. The predicted molar refractivity (Wildman–Crippen MR) is 154 cm³/mol. The number of carbonyl (C=O) groups excluding carboxylic acids is 2. The van der Waals surface area contributed by atoms with E-state index in [0.717, 1.165) is 16.7 Å². The van der Waals surface area contributed by atoms with E-state index < -0.39 is 36.8 Å². The lowest BCUT2D eigenvalue weighted by Crippen LogP contribution is -2.49. The van der Waals surface area contributed by atoms with Crippen molar-refractivity contribution in [3.8, 4) is 11.1 Å². The molecule has 3 aromatic rings. The van der Waals surface area contributed by atoms with Gasteiger partial charge < -0.3 is 31.2 Å². The third-order valence-electron chi connectivity index (χ3n) is 6.96. The third kappa shape index (κ3) is 9.49. The van der Waals surface area contributed by atoms with Gasteiger partial charge in [0.15, 0.2) is 0 Å². The quantitative estimate of drug-likeness (QED) is 0.239. The topological polar surface area (TPSA) is 115 Å². The minimum Gasteiger partial charge on any atom is -0.448 e. The molecular weight excluding hydrogens is 549 g/mol. The summed E-state index contributed by atoms with van der Waals surface area (Å²) in [7, 11) is 0. The molecule has 0 bridgehead atoms. The highest BCUT2D eigenvalue weighted by molar-refractivity contribution is 5.83. The highest BCUT2D eigenvalue weighted by atomic mass is 19.3. The fourth-order valence-corrected chi connectivity index (χ4v) is 4.68.